The molecule has 0 fully saturated rings. The zero-order chi connectivity index (χ0) is 21.0. The van der Waals surface area contributed by atoms with Crippen LogP contribution in [0, 0.1) is 0 Å². The molecule has 0 aliphatic carbocycles. The molecule has 0 heterocycles. The predicted molar refractivity (Wildman–Crippen MR) is 124 cm³/mol. The van der Waals surface area contributed by atoms with E-state index in [2.05, 4.69) is 54.6 Å². The fourth-order valence-corrected chi connectivity index (χ4v) is 4.15. The summed E-state index contributed by atoms with van der Waals surface area (Å²) in [5, 5.41) is 11.8. The van der Waals surface area contributed by atoms with Crippen molar-refractivity contribution in [1.82, 2.24) is 0 Å². The molecule has 30 heavy (non-hydrogen) atoms. The Labute approximate surface area is 181 Å². The standard InChI is InChI=1S/C26H25NO2S/c1-26(27,18-28)22-12-10-21-15-25(13-11-20(21)14-22)30-24-9-5-8-23(16-24)29-17-19-6-3-2-4-7-19/h2-16,28H,17-18,27H2,1H3/t26-/m0/s1. The van der Waals surface area contributed by atoms with Gasteiger partial charge in [-0.1, -0.05) is 66.4 Å². The minimum Gasteiger partial charge on any atom is -0.489 e. The molecule has 0 amide bonds. The topological polar surface area (TPSA) is 55.5 Å². The molecule has 4 aromatic carbocycles. The fraction of sp³-hybridized carbons (Fsp3) is 0.154. The molecule has 0 aliphatic rings. The van der Waals surface area contributed by atoms with Crippen LogP contribution in [0.3, 0.4) is 0 Å². The van der Waals surface area contributed by atoms with E-state index in [1.54, 1.807) is 11.8 Å². The van der Waals surface area contributed by atoms with E-state index in [1.165, 1.54) is 0 Å². The van der Waals surface area contributed by atoms with Crippen LogP contribution in [0.1, 0.15) is 18.1 Å². The van der Waals surface area contributed by atoms with Gasteiger partial charge in [-0.05, 0) is 65.2 Å². The molecule has 0 aliphatic heterocycles. The molecule has 4 rings (SSSR count). The van der Waals surface area contributed by atoms with Crippen molar-refractivity contribution >= 4 is 22.5 Å². The fourth-order valence-electron chi connectivity index (χ4n) is 3.24. The Morgan fingerprint density at radius 2 is 1.57 bits per heavy atom. The molecule has 0 bridgehead atoms. The zero-order valence-electron chi connectivity index (χ0n) is 16.9. The molecule has 4 heteroatoms. The van der Waals surface area contributed by atoms with E-state index in [0.717, 1.165) is 37.4 Å². The van der Waals surface area contributed by atoms with Gasteiger partial charge in [-0.25, -0.2) is 0 Å². The van der Waals surface area contributed by atoms with E-state index < -0.39 is 5.54 Å². The van der Waals surface area contributed by atoms with Crippen molar-refractivity contribution in [3.8, 4) is 5.75 Å². The van der Waals surface area contributed by atoms with Gasteiger partial charge in [0.2, 0.25) is 0 Å². The summed E-state index contributed by atoms with van der Waals surface area (Å²) >= 11 is 1.71. The first-order valence-corrected chi connectivity index (χ1v) is 10.7. The molecule has 0 aromatic heterocycles. The van der Waals surface area contributed by atoms with Gasteiger partial charge in [-0.2, -0.15) is 0 Å². The number of aliphatic hydroxyl groups excluding tert-OH is 1. The third-order valence-electron chi connectivity index (χ3n) is 5.09. The largest absolute Gasteiger partial charge is 0.489 e. The second kappa shape index (κ2) is 8.92. The number of fused-ring (bicyclic) bond motifs is 1. The van der Waals surface area contributed by atoms with E-state index in [1.807, 2.05) is 43.3 Å². The SMILES string of the molecule is C[C@](N)(CO)c1ccc2cc(Sc3cccc(OCc4ccccc4)c3)ccc2c1. The van der Waals surface area contributed by atoms with Gasteiger partial charge in [0.1, 0.15) is 12.4 Å². The summed E-state index contributed by atoms with van der Waals surface area (Å²) in [6, 6.07) is 30.8. The first-order chi connectivity index (χ1) is 14.5. The summed E-state index contributed by atoms with van der Waals surface area (Å²) in [4.78, 5) is 2.29. The maximum Gasteiger partial charge on any atom is 0.120 e. The number of ether oxygens (including phenoxy) is 1. The van der Waals surface area contributed by atoms with Gasteiger partial charge in [0.05, 0.1) is 12.1 Å². The van der Waals surface area contributed by atoms with Crippen molar-refractivity contribution in [3.63, 3.8) is 0 Å². The van der Waals surface area contributed by atoms with E-state index >= 15 is 0 Å². The van der Waals surface area contributed by atoms with Crippen molar-refractivity contribution in [2.24, 2.45) is 5.73 Å². The van der Waals surface area contributed by atoms with Gasteiger partial charge in [0.25, 0.3) is 0 Å². The second-order valence-corrected chi connectivity index (χ2v) is 8.80. The predicted octanol–water partition coefficient (Wildman–Crippen LogP) is 5.74. The highest BCUT2D eigenvalue weighted by Gasteiger charge is 2.19. The average Bonchev–Trinajstić information content (AvgIpc) is 2.78. The summed E-state index contributed by atoms with van der Waals surface area (Å²) in [5.41, 5.74) is 7.52. The van der Waals surface area contributed by atoms with Crippen LogP contribution in [-0.4, -0.2) is 11.7 Å². The third kappa shape index (κ3) is 4.85. The molecule has 3 nitrogen and oxygen atoms in total. The highest BCUT2D eigenvalue weighted by atomic mass is 32.2. The van der Waals surface area contributed by atoms with Crippen LogP contribution in [0.25, 0.3) is 10.8 Å². The highest BCUT2D eigenvalue weighted by molar-refractivity contribution is 7.99. The van der Waals surface area contributed by atoms with Gasteiger partial charge in [-0.15, -0.1) is 0 Å². The highest BCUT2D eigenvalue weighted by Crippen LogP contribution is 2.33. The second-order valence-electron chi connectivity index (χ2n) is 7.65. The normalized spacial score (nSPS) is 13.2. The Morgan fingerprint density at radius 3 is 2.37 bits per heavy atom. The minimum absolute atomic E-state index is 0.0882. The lowest BCUT2D eigenvalue weighted by atomic mass is 9.92. The van der Waals surface area contributed by atoms with Crippen molar-refractivity contribution in [2.45, 2.75) is 28.9 Å². The number of rotatable bonds is 7. The zero-order valence-corrected chi connectivity index (χ0v) is 17.7. The summed E-state index contributed by atoms with van der Waals surface area (Å²) in [5.74, 6) is 0.862. The molecular weight excluding hydrogens is 390 g/mol. The molecule has 0 spiro atoms. The molecule has 4 aromatic rings. The van der Waals surface area contributed by atoms with Crippen LogP contribution >= 0.6 is 11.8 Å². The average molecular weight is 416 g/mol. The maximum absolute atomic E-state index is 9.51. The lowest BCUT2D eigenvalue weighted by molar-refractivity contribution is 0.210. The van der Waals surface area contributed by atoms with Crippen LogP contribution in [-0.2, 0) is 12.1 Å². The molecule has 0 radical (unpaired) electrons. The third-order valence-corrected chi connectivity index (χ3v) is 6.07. The van der Waals surface area contributed by atoms with Crippen molar-refractivity contribution in [1.29, 1.82) is 0 Å². The smallest absolute Gasteiger partial charge is 0.120 e. The number of aliphatic hydroxyl groups is 1. The Balaban J connectivity index is 1.49. The Bertz CT molecular complexity index is 1140. The lowest BCUT2D eigenvalue weighted by Crippen LogP contribution is -2.36. The van der Waals surface area contributed by atoms with Crippen LogP contribution in [0.5, 0.6) is 5.75 Å². The molecule has 152 valence electrons. The Morgan fingerprint density at radius 1 is 0.833 bits per heavy atom. The molecule has 1 atom stereocenters. The van der Waals surface area contributed by atoms with Crippen molar-refractivity contribution in [3.05, 3.63) is 102 Å². The lowest BCUT2D eigenvalue weighted by Gasteiger charge is -2.22. The Hall–Kier alpha value is -2.79. The van der Waals surface area contributed by atoms with Gasteiger partial charge in [0.15, 0.2) is 0 Å². The van der Waals surface area contributed by atoms with Crippen LogP contribution in [0.2, 0.25) is 0 Å². The number of nitrogens with two attached hydrogens (primary N) is 1. The summed E-state index contributed by atoms with van der Waals surface area (Å²) in [7, 11) is 0. The first-order valence-electron chi connectivity index (χ1n) is 9.92. The van der Waals surface area contributed by atoms with Crippen LogP contribution in [0.15, 0.2) is 101 Å². The van der Waals surface area contributed by atoms with Gasteiger partial charge in [0, 0.05) is 9.79 Å². The van der Waals surface area contributed by atoms with Gasteiger partial charge in [-0.3, -0.25) is 0 Å². The molecule has 0 saturated carbocycles. The molecular formula is C26H25NO2S. The maximum atomic E-state index is 9.51. The Kier molecular flexibility index (Phi) is 6.09. The first kappa shape index (κ1) is 20.5. The van der Waals surface area contributed by atoms with E-state index in [4.69, 9.17) is 10.5 Å². The van der Waals surface area contributed by atoms with Gasteiger partial charge >= 0.3 is 0 Å². The van der Waals surface area contributed by atoms with E-state index in [9.17, 15) is 5.11 Å². The number of hydrogen-bond donors (Lipinski definition) is 2. The molecule has 3 N–H and O–H groups in total. The van der Waals surface area contributed by atoms with Crippen molar-refractivity contribution in [2.75, 3.05) is 6.61 Å². The quantitative estimate of drug-likeness (QED) is 0.404. The van der Waals surface area contributed by atoms with E-state index in [0.29, 0.717) is 6.61 Å². The molecule has 0 saturated heterocycles. The minimum atomic E-state index is -0.734. The van der Waals surface area contributed by atoms with Crippen LogP contribution < -0.4 is 10.5 Å². The molecule has 0 unspecified atom stereocenters. The number of benzene rings is 4. The summed E-state index contributed by atoms with van der Waals surface area (Å²) in [6.07, 6.45) is 0. The summed E-state index contributed by atoms with van der Waals surface area (Å²) < 4.78 is 5.95. The summed E-state index contributed by atoms with van der Waals surface area (Å²) in [6.45, 7) is 2.31. The number of hydrogen-bond acceptors (Lipinski definition) is 4. The van der Waals surface area contributed by atoms with E-state index in [-0.39, 0.29) is 6.61 Å². The monoisotopic (exact) mass is 415 g/mol. The van der Waals surface area contributed by atoms with Crippen LogP contribution in [0.4, 0.5) is 0 Å². The van der Waals surface area contributed by atoms with Crippen molar-refractivity contribution < 1.29 is 9.84 Å². The van der Waals surface area contributed by atoms with Gasteiger partial charge < -0.3 is 15.6 Å².